The van der Waals surface area contributed by atoms with Gasteiger partial charge in [0.05, 0.1) is 5.56 Å². The first kappa shape index (κ1) is 13.3. The number of rotatable bonds is 6. The van der Waals surface area contributed by atoms with Crippen LogP contribution in [0.4, 0.5) is 8.78 Å². The largest absolute Gasteiger partial charge is 0.481 e. The molecule has 0 aliphatic rings. The van der Waals surface area contributed by atoms with Gasteiger partial charge in [-0.3, -0.25) is 9.59 Å². The molecule has 1 rings (SSSR count). The van der Waals surface area contributed by atoms with Crippen molar-refractivity contribution in [3.05, 3.63) is 35.4 Å². The van der Waals surface area contributed by atoms with Crippen molar-refractivity contribution in [2.24, 2.45) is 0 Å². The van der Waals surface area contributed by atoms with Gasteiger partial charge in [0, 0.05) is 18.9 Å². The Labute approximate surface area is 97.1 Å². The van der Waals surface area contributed by atoms with E-state index in [1.165, 1.54) is 0 Å². The molecule has 0 aromatic heterocycles. The number of ketones is 1. The Bertz CT molecular complexity index is 430. The summed E-state index contributed by atoms with van der Waals surface area (Å²) in [5.74, 6) is -2.98. The average molecular weight is 242 g/mol. The van der Waals surface area contributed by atoms with Crippen molar-refractivity contribution >= 4 is 11.8 Å². The molecule has 92 valence electrons. The Kier molecular flexibility index (Phi) is 4.75. The smallest absolute Gasteiger partial charge is 0.303 e. The Hall–Kier alpha value is -1.78. The SMILES string of the molecule is O=C(O)CCCCC(=O)c1ccc(F)cc1F. The maximum Gasteiger partial charge on any atom is 0.303 e. The van der Waals surface area contributed by atoms with Crippen LogP contribution in [-0.4, -0.2) is 16.9 Å². The number of halogens is 2. The highest BCUT2D eigenvalue weighted by Gasteiger charge is 2.12. The summed E-state index contributed by atoms with van der Waals surface area (Å²) < 4.78 is 25.8. The van der Waals surface area contributed by atoms with E-state index in [-0.39, 0.29) is 18.4 Å². The minimum atomic E-state index is -0.926. The third kappa shape index (κ3) is 4.30. The number of carboxylic acid groups (broad SMARTS) is 1. The zero-order chi connectivity index (χ0) is 12.8. The number of hydrogen-bond acceptors (Lipinski definition) is 2. The van der Waals surface area contributed by atoms with Crippen LogP contribution in [-0.2, 0) is 4.79 Å². The second kappa shape index (κ2) is 6.08. The number of aliphatic carboxylic acids is 1. The fourth-order valence-electron chi connectivity index (χ4n) is 1.41. The molecule has 0 aliphatic carbocycles. The molecule has 1 N–H and O–H groups in total. The molecule has 0 radical (unpaired) electrons. The molecule has 0 saturated carbocycles. The number of carboxylic acids is 1. The van der Waals surface area contributed by atoms with Gasteiger partial charge in [0.15, 0.2) is 5.78 Å². The van der Waals surface area contributed by atoms with E-state index in [4.69, 9.17) is 5.11 Å². The van der Waals surface area contributed by atoms with Crippen molar-refractivity contribution in [3.8, 4) is 0 Å². The lowest BCUT2D eigenvalue weighted by atomic mass is 10.0. The summed E-state index contributed by atoms with van der Waals surface area (Å²) in [6.07, 6.45) is 0.793. The van der Waals surface area contributed by atoms with Gasteiger partial charge in [0.2, 0.25) is 0 Å². The second-order valence-corrected chi connectivity index (χ2v) is 3.65. The van der Waals surface area contributed by atoms with Gasteiger partial charge in [0.1, 0.15) is 11.6 Å². The molecule has 1 aromatic rings. The molecule has 17 heavy (non-hydrogen) atoms. The monoisotopic (exact) mass is 242 g/mol. The van der Waals surface area contributed by atoms with Crippen molar-refractivity contribution in [3.63, 3.8) is 0 Å². The number of unbranched alkanes of at least 4 members (excludes halogenated alkanes) is 1. The third-order valence-electron chi connectivity index (χ3n) is 2.28. The molecule has 0 amide bonds. The molecule has 0 fully saturated rings. The Morgan fingerprint density at radius 3 is 2.35 bits per heavy atom. The van der Waals surface area contributed by atoms with Crippen molar-refractivity contribution in [1.82, 2.24) is 0 Å². The Morgan fingerprint density at radius 1 is 1.12 bits per heavy atom. The fourth-order valence-corrected chi connectivity index (χ4v) is 1.41. The molecule has 3 nitrogen and oxygen atoms in total. The van der Waals surface area contributed by atoms with Gasteiger partial charge in [-0.25, -0.2) is 8.78 Å². The highest BCUT2D eigenvalue weighted by Crippen LogP contribution is 2.13. The summed E-state index contributed by atoms with van der Waals surface area (Å²) in [6.45, 7) is 0. The van der Waals surface area contributed by atoms with Crippen LogP contribution in [0.15, 0.2) is 18.2 Å². The first-order valence-corrected chi connectivity index (χ1v) is 5.20. The molecule has 1 aromatic carbocycles. The van der Waals surface area contributed by atoms with E-state index in [0.29, 0.717) is 18.9 Å². The van der Waals surface area contributed by atoms with Crippen LogP contribution < -0.4 is 0 Å². The van der Waals surface area contributed by atoms with Crippen LogP contribution in [0.25, 0.3) is 0 Å². The number of hydrogen-bond donors (Lipinski definition) is 1. The van der Waals surface area contributed by atoms with Crippen LogP contribution >= 0.6 is 0 Å². The van der Waals surface area contributed by atoms with Crippen LogP contribution in [0.1, 0.15) is 36.0 Å². The molecule has 0 unspecified atom stereocenters. The first-order valence-electron chi connectivity index (χ1n) is 5.20. The topological polar surface area (TPSA) is 54.4 Å². The summed E-state index contributed by atoms with van der Waals surface area (Å²) in [7, 11) is 0. The zero-order valence-corrected chi connectivity index (χ0v) is 9.08. The number of benzene rings is 1. The van der Waals surface area contributed by atoms with Gasteiger partial charge in [-0.15, -0.1) is 0 Å². The molecule has 0 aliphatic heterocycles. The van der Waals surface area contributed by atoms with Crippen LogP contribution in [0.3, 0.4) is 0 Å². The van der Waals surface area contributed by atoms with Crippen LogP contribution in [0.5, 0.6) is 0 Å². The molecular weight excluding hydrogens is 230 g/mol. The Morgan fingerprint density at radius 2 is 1.76 bits per heavy atom. The molecule has 5 heteroatoms. The summed E-state index contributed by atoms with van der Waals surface area (Å²) in [5, 5.41) is 8.38. The van der Waals surface area contributed by atoms with Crippen LogP contribution in [0, 0.1) is 11.6 Å². The normalized spacial score (nSPS) is 10.2. The maximum absolute atomic E-state index is 13.2. The summed E-state index contributed by atoms with van der Waals surface area (Å²) in [6, 6.07) is 2.78. The minimum Gasteiger partial charge on any atom is -0.481 e. The number of carbonyl (C=O) groups excluding carboxylic acids is 1. The summed E-state index contributed by atoms with van der Waals surface area (Å²) >= 11 is 0. The Balaban J connectivity index is 2.50. The molecule has 0 atom stereocenters. The van der Waals surface area contributed by atoms with Gasteiger partial charge < -0.3 is 5.11 Å². The number of carbonyl (C=O) groups is 2. The summed E-state index contributed by atoms with van der Waals surface area (Å²) in [4.78, 5) is 21.7. The quantitative estimate of drug-likeness (QED) is 0.616. The third-order valence-corrected chi connectivity index (χ3v) is 2.28. The summed E-state index contributed by atoms with van der Waals surface area (Å²) in [5.41, 5.74) is -0.151. The second-order valence-electron chi connectivity index (χ2n) is 3.65. The van der Waals surface area contributed by atoms with E-state index in [0.717, 1.165) is 12.1 Å². The van der Waals surface area contributed by atoms with Gasteiger partial charge in [-0.2, -0.15) is 0 Å². The molecular formula is C12H12F2O3. The predicted molar refractivity (Wildman–Crippen MR) is 56.8 cm³/mol. The van der Waals surface area contributed by atoms with Crippen molar-refractivity contribution < 1.29 is 23.5 Å². The molecule has 0 bridgehead atoms. The maximum atomic E-state index is 13.2. The lowest BCUT2D eigenvalue weighted by Crippen LogP contribution is -2.03. The fraction of sp³-hybridized carbons (Fsp3) is 0.333. The molecule has 0 heterocycles. The standard InChI is InChI=1S/C12H12F2O3/c13-8-5-6-9(10(14)7-8)11(15)3-1-2-4-12(16)17/h5-7H,1-4H2,(H,16,17). The van der Waals surface area contributed by atoms with Crippen LogP contribution in [0.2, 0.25) is 0 Å². The first-order chi connectivity index (χ1) is 8.00. The predicted octanol–water partition coefficient (Wildman–Crippen LogP) is 2.79. The number of Topliss-reactive ketones (excluding diaryl/α,β-unsaturated/α-hetero) is 1. The highest BCUT2D eigenvalue weighted by molar-refractivity contribution is 5.96. The van der Waals surface area contributed by atoms with E-state index in [1.54, 1.807) is 0 Å². The van der Waals surface area contributed by atoms with Crippen molar-refractivity contribution in [2.45, 2.75) is 25.7 Å². The van der Waals surface area contributed by atoms with Gasteiger partial charge in [0.25, 0.3) is 0 Å². The van der Waals surface area contributed by atoms with Gasteiger partial charge in [-0.1, -0.05) is 0 Å². The minimum absolute atomic E-state index is 0.0147. The van der Waals surface area contributed by atoms with Gasteiger partial charge >= 0.3 is 5.97 Å². The van der Waals surface area contributed by atoms with E-state index < -0.39 is 23.4 Å². The highest BCUT2D eigenvalue weighted by atomic mass is 19.1. The van der Waals surface area contributed by atoms with E-state index >= 15 is 0 Å². The average Bonchev–Trinajstić information content (AvgIpc) is 2.23. The van der Waals surface area contributed by atoms with Crippen molar-refractivity contribution in [1.29, 1.82) is 0 Å². The molecule has 0 spiro atoms. The van der Waals surface area contributed by atoms with Gasteiger partial charge in [-0.05, 0) is 25.0 Å². The molecule has 0 saturated heterocycles. The van der Waals surface area contributed by atoms with Crippen molar-refractivity contribution in [2.75, 3.05) is 0 Å². The van der Waals surface area contributed by atoms with E-state index in [1.807, 2.05) is 0 Å². The van der Waals surface area contributed by atoms with E-state index in [9.17, 15) is 18.4 Å². The lowest BCUT2D eigenvalue weighted by molar-refractivity contribution is -0.137. The lowest BCUT2D eigenvalue weighted by Gasteiger charge is -2.02. The zero-order valence-electron chi connectivity index (χ0n) is 9.08. The van der Waals surface area contributed by atoms with E-state index in [2.05, 4.69) is 0 Å².